The van der Waals surface area contributed by atoms with E-state index in [0.717, 1.165) is 0 Å². The number of thioether (sulfide) groups is 2. The third kappa shape index (κ3) is 2.96. The van der Waals surface area contributed by atoms with Crippen LogP contribution < -0.4 is 0 Å². The van der Waals surface area contributed by atoms with E-state index in [9.17, 15) is 0 Å². The topological polar surface area (TPSA) is 12.5 Å². The molecular weight excluding hydrogens is 264 g/mol. The zero-order chi connectivity index (χ0) is 12.7. The molecule has 0 aromatic carbocycles. The van der Waals surface area contributed by atoms with Gasteiger partial charge in [-0.05, 0) is 36.8 Å². The van der Waals surface area contributed by atoms with Crippen LogP contribution in [-0.4, -0.2) is 35.5 Å². The van der Waals surface area contributed by atoms with Gasteiger partial charge in [-0.25, -0.2) is 0 Å². The van der Waals surface area contributed by atoms with Gasteiger partial charge in [0.05, 0.1) is 17.9 Å². The Morgan fingerprint density at radius 2 is 1.94 bits per heavy atom. The van der Waals surface area contributed by atoms with Gasteiger partial charge in [0.15, 0.2) is 0 Å². The molecule has 0 spiro atoms. The van der Waals surface area contributed by atoms with Gasteiger partial charge in [-0.3, -0.25) is 0 Å². The van der Waals surface area contributed by atoms with Crippen LogP contribution >= 0.6 is 23.5 Å². The molecule has 2 rings (SSSR count). The predicted octanol–water partition coefficient (Wildman–Crippen LogP) is 4.16. The molecule has 2 aliphatic heterocycles. The van der Waals surface area contributed by atoms with E-state index in [1.54, 1.807) is 0 Å². The molecule has 2 saturated heterocycles. The molecular formula is C13H24OS2Si. The Bertz CT molecular complexity index is 305. The molecule has 98 valence electrons. The van der Waals surface area contributed by atoms with Crippen molar-refractivity contribution in [3.05, 3.63) is 12.2 Å². The molecule has 0 bridgehead atoms. The van der Waals surface area contributed by atoms with Gasteiger partial charge in [0.25, 0.3) is 0 Å². The molecule has 0 aromatic heterocycles. The number of epoxide rings is 1. The summed E-state index contributed by atoms with van der Waals surface area (Å²) >= 11 is 4.43. The smallest absolute Gasteiger partial charge is 0.105 e. The molecule has 1 nitrogen and oxygen atoms in total. The van der Waals surface area contributed by atoms with E-state index < -0.39 is 8.07 Å². The Labute approximate surface area is 115 Å². The Hall–Kier alpha value is 0.617. The number of hydrogen-bond donors (Lipinski definition) is 0. The highest BCUT2D eigenvalue weighted by molar-refractivity contribution is 8.21. The van der Waals surface area contributed by atoms with E-state index in [2.05, 4.69) is 56.7 Å². The van der Waals surface area contributed by atoms with Crippen molar-refractivity contribution in [2.45, 2.75) is 55.3 Å². The fraction of sp³-hybridized carbons (Fsp3) is 0.846. The zero-order valence-corrected chi connectivity index (χ0v) is 14.0. The minimum absolute atomic E-state index is 0.353. The first-order valence-corrected chi connectivity index (χ1v) is 11.9. The first-order chi connectivity index (χ1) is 7.86. The zero-order valence-electron chi connectivity index (χ0n) is 11.4. The van der Waals surface area contributed by atoms with Gasteiger partial charge >= 0.3 is 0 Å². The van der Waals surface area contributed by atoms with E-state index in [4.69, 9.17) is 4.74 Å². The van der Waals surface area contributed by atoms with Crippen molar-refractivity contribution in [2.75, 3.05) is 11.5 Å². The number of hydrogen-bond acceptors (Lipinski definition) is 3. The first kappa shape index (κ1) is 14.0. The molecule has 0 amide bonds. The lowest BCUT2D eigenvalue weighted by Crippen LogP contribution is -2.49. The molecule has 2 fully saturated rings. The highest BCUT2D eigenvalue weighted by atomic mass is 32.2. The highest BCUT2D eigenvalue weighted by Gasteiger charge is 2.52. The lowest BCUT2D eigenvalue weighted by atomic mass is 10.1. The van der Waals surface area contributed by atoms with Crippen LogP contribution in [0, 0.1) is 0 Å². The van der Waals surface area contributed by atoms with Crippen LogP contribution in [0.3, 0.4) is 0 Å². The normalized spacial score (nSPS) is 32.2. The first-order valence-electron chi connectivity index (χ1n) is 6.44. The van der Waals surface area contributed by atoms with Crippen LogP contribution in [0.2, 0.25) is 19.6 Å². The Morgan fingerprint density at radius 3 is 2.35 bits per heavy atom. The van der Waals surface area contributed by atoms with Gasteiger partial charge in [-0.2, -0.15) is 0 Å². The lowest BCUT2D eigenvalue weighted by molar-refractivity contribution is 0.376. The van der Waals surface area contributed by atoms with E-state index in [-0.39, 0.29) is 0 Å². The van der Waals surface area contributed by atoms with Crippen molar-refractivity contribution in [2.24, 2.45) is 0 Å². The van der Waals surface area contributed by atoms with Crippen molar-refractivity contribution in [1.29, 1.82) is 0 Å². The third-order valence-electron chi connectivity index (χ3n) is 3.64. The summed E-state index contributed by atoms with van der Waals surface area (Å²) in [5.41, 5.74) is 1.20. The second-order valence-electron chi connectivity index (χ2n) is 6.20. The van der Waals surface area contributed by atoms with Crippen LogP contribution in [0.5, 0.6) is 0 Å². The van der Waals surface area contributed by atoms with Gasteiger partial charge in [0.2, 0.25) is 0 Å². The van der Waals surface area contributed by atoms with Crippen molar-refractivity contribution < 1.29 is 4.74 Å². The molecule has 2 heterocycles. The second-order valence-corrected chi connectivity index (χ2v) is 15.3. The summed E-state index contributed by atoms with van der Waals surface area (Å²) in [6.07, 6.45) is 3.41. The maximum atomic E-state index is 5.80. The molecule has 0 aromatic rings. The third-order valence-corrected chi connectivity index (χ3v) is 13.6. The van der Waals surface area contributed by atoms with Gasteiger partial charge in [-0.1, -0.05) is 26.2 Å². The molecule has 4 heteroatoms. The van der Waals surface area contributed by atoms with E-state index in [0.29, 0.717) is 15.9 Å². The van der Waals surface area contributed by atoms with Gasteiger partial charge in [-0.15, -0.1) is 23.5 Å². The predicted molar refractivity (Wildman–Crippen MR) is 83.7 cm³/mol. The maximum absolute atomic E-state index is 5.80. The Kier molecular flexibility index (Phi) is 4.09. The van der Waals surface area contributed by atoms with Crippen LogP contribution in [0.15, 0.2) is 12.2 Å². The monoisotopic (exact) mass is 288 g/mol. The largest absolute Gasteiger partial charge is 0.365 e. The quantitative estimate of drug-likeness (QED) is 0.438. The van der Waals surface area contributed by atoms with Crippen molar-refractivity contribution in [3.8, 4) is 0 Å². The fourth-order valence-corrected chi connectivity index (χ4v) is 10.1. The van der Waals surface area contributed by atoms with Crippen molar-refractivity contribution in [3.63, 3.8) is 0 Å². The van der Waals surface area contributed by atoms with Crippen LogP contribution in [0.25, 0.3) is 0 Å². The Morgan fingerprint density at radius 1 is 1.35 bits per heavy atom. The minimum Gasteiger partial charge on any atom is -0.365 e. The van der Waals surface area contributed by atoms with E-state index in [1.807, 2.05) is 0 Å². The summed E-state index contributed by atoms with van der Waals surface area (Å²) in [7, 11) is -1.18. The van der Waals surface area contributed by atoms with Crippen molar-refractivity contribution in [1.82, 2.24) is 0 Å². The van der Waals surface area contributed by atoms with Gasteiger partial charge in [0.1, 0.15) is 6.10 Å². The van der Waals surface area contributed by atoms with Crippen LogP contribution in [0.4, 0.5) is 0 Å². The fourth-order valence-electron chi connectivity index (χ4n) is 2.43. The molecule has 0 radical (unpaired) electrons. The molecule has 0 N–H and O–H groups in total. The molecule has 0 aliphatic carbocycles. The molecule has 2 atom stereocenters. The second kappa shape index (κ2) is 4.95. The molecule has 17 heavy (non-hydrogen) atoms. The Balaban J connectivity index is 2.05. The van der Waals surface area contributed by atoms with Gasteiger partial charge < -0.3 is 4.74 Å². The van der Waals surface area contributed by atoms with Gasteiger partial charge in [0, 0.05) is 0 Å². The summed E-state index contributed by atoms with van der Waals surface area (Å²) in [5.74, 6) is 2.67. The summed E-state index contributed by atoms with van der Waals surface area (Å²) < 4.78 is 6.27. The van der Waals surface area contributed by atoms with E-state index in [1.165, 1.54) is 29.9 Å². The molecule has 0 unspecified atom stereocenters. The van der Waals surface area contributed by atoms with Crippen LogP contribution in [0.1, 0.15) is 19.8 Å². The minimum atomic E-state index is -1.18. The summed E-state index contributed by atoms with van der Waals surface area (Å²) in [6.45, 7) is 13.6. The maximum Gasteiger partial charge on any atom is 0.105 e. The summed E-state index contributed by atoms with van der Waals surface area (Å²) in [4.78, 5) is 0. The van der Waals surface area contributed by atoms with E-state index >= 15 is 0 Å². The molecule has 2 aliphatic rings. The average molecular weight is 289 g/mol. The average Bonchev–Trinajstić information content (AvgIpc) is 2.97. The highest BCUT2D eigenvalue weighted by Crippen LogP contribution is 2.54. The summed E-state index contributed by atoms with van der Waals surface area (Å²) in [5, 5.41) is 0. The summed E-state index contributed by atoms with van der Waals surface area (Å²) in [6, 6.07) is 0. The number of rotatable bonds is 4. The lowest BCUT2D eigenvalue weighted by Gasteiger charge is -2.45. The molecule has 0 saturated carbocycles. The standard InChI is InChI=1S/C13H24OS2Si/c1-10(2)12-11(14-12)9-13(17(3,4)5)15-7-6-8-16-13/h11-12H,1,6-9H2,2-5H3/t11-,12-/m0/s1. The SMILES string of the molecule is C=C(C)[C@@H]1O[C@H]1CC1([Si](C)(C)C)SCCCS1. The van der Waals surface area contributed by atoms with Crippen molar-refractivity contribution >= 4 is 31.6 Å². The number of ether oxygens (including phenoxy) is 1. The van der Waals surface area contributed by atoms with Crippen LogP contribution in [-0.2, 0) is 4.74 Å².